The van der Waals surface area contributed by atoms with Crippen molar-refractivity contribution in [1.29, 1.82) is 0 Å². The number of hydrogen-bond donors (Lipinski definition) is 1. The quantitative estimate of drug-likeness (QED) is 0.710. The number of aliphatic hydroxyl groups is 1. The second-order valence-electron chi connectivity index (χ2n) is 5.20. The fourth-order valence-electron chi connectivity index (χ4n) is 2.67. The monoisotopic (exact) mass is 213 g/mol. The van der Waals surface area contributed by atoms with Crippen LogP contribution < -0.4 is 0 Å². The van der Waals surface area contributed by atoms with Crippen LogP contribution in [0.4, 0.5) is 0 Å². The molecule has 0 bridgehead atoms. The molecule has 1 aliphatic carbocycles. The fourth-order valence-corrected chi connectivity index (χ4v) is 2.67. The van der Waals surface area contributed by atoms with Crippen LogP contribution in [0.5, 0.6) is 0 Å². The Labute approximate surface area is 94.7 Å². The number of nitrogens with zero attached hydrogens (tertiary/aromatic N) is 1. The molecule has 15 heavy (non-hydrogen) atoms. The molecule has 3 atom stereocenters. The lowest BCUT2D eigenvalue weighted by Crippen LogP contribution is -2.43. The SMILES string of the molecule is CCCCCN(C)C1CC(O)CCC1C. The van der Waals surface area contributed by atoms with E-state index in [9.17, 15) is 5.11 Å². The Hall–Kier alpha value is -0.0800. The molecule has 0 aromatic rings. The van der Waals surface area contributed by atoms with Crippen LogP contribution in [0.2, 0.25) is 0 Å². The van der Waals surface area contributed by atoms with E-state index >= 15 is 0 Å². The molecule has 1 fully saturated rings. The average Bonchev–Trinajstić information content (AvgIpc) is 2.22. The zero-order chi connectivity index (χ0) is 11.3. The highest BCUT2D eigenvalue weighted by Gasteiger charge is 2.28. The van der Waals surface area contributed by atoms with Gasteiger partial charge in [0, 0.05) is 6.04 Å². The molecule has 1 aliphatic rings. The van der Waals surface area contributed by atoms with Gasteiger partial charge in [0.1, 0.15) is 0 Å². The normalized spacial score (nSPS) is 32.2. The summed E-state index contributed by atoms with van der Waals surface area (Å²) in [4.78, 5) is 2.46. The van der Waals surface area contributed by atoms with Crippen molar-refractivity contribution in [3.05, 3.63) is 0 Å². The van der Waals surface area contributed by atoms with E-state index in [4.69, 9.17) is 0 Å². The number of rotatable bonds is 5. The van der Waals surface area contributed by atoms with Crippen LogP contribution in [0.1, 0.15) is 52.4 Å². The summed E-state index contributed by atoms with van der Waals surface area (Å²) in [5.41, 5.74) is 0. The first kappa shape index (κ1) is 13.0. The van der Waals surface area contributed by atoms with Crippen molar-refractivity contribution in [3.63, 3.8) is 0 Å². The Morgan fingerprint density at radius 2 is 2.00 bits per heavy atom. The van der Waals surface area contributed by atoms with Crippen LogP contribution in [0.25, 0.3) is 0 Å². The summed E-state index contributed by atoms with van der Waals surface area (Å²) in [7, 11) is 2.22. The van der Waals surface area contributed by atoms with Crippen LogP contribution in [0, 0.1) is 5.92 Å². The molecule has 3 unspecified atom stereocenters. The van der Waals surface area contributed by atoms with E-state index in [2.05, 4.69) is 25.8 Å². The first-order valence-corrected chi connectivity index (χ1v) is 6.53. The van der Waals surface area contributed by atoms with Crippen molar-refractivity contribution < 1.29 is 5.11 Å². The molecule has 2 nitrogen and oxygen atoms in total. The molecular formula is C13H27NO. The smallest absolute Gasteiger partial charge is 0.0555 e. The van der Waals surface area contributed by atoms with Crippen molar-refractivity contribution in [1.82, 2.24) is 4.90 Å². The summed E-state index contributed by atoms with van der Waals surface area (Å²) in [6.45, 7) is 5.76. The van der Waals surface area contributed by atoms with E-state index in [0.717, 1.165) is 18.8 Å². The summed E-state index contributed by atoms with van der Waals surface area (Å²) in [5.74, 6) is 0.750. The van der Waals surface area contributed by atoms with Gasteiger partial charge in [-0.25, -0.2) is 0 Å². The standard InChI is InChI=1S/C13H27NO/c1-4-5-6-9-14(3)13-10-12(15)8-7-11(13)2/h11-13,15H,4-10H2,1-3H3. The molecule has 0 aliphatic heterocycles. The van der Waals surface area contributed by atoms with E-state index < -0.39 is 0 Å². The third-order valence-electron chi connectivity index (χ3n) is 3.81. The van der Waals surface area contributed by atoms with Gasteiger partial charge in [-0.05, 0) is 45.2 Å². The van der Waals surface area contributed by atoms with E-state index in [0.29, 0.717) is 6.04 Å². The van der Waals surface area contributed by atoms with Crippen LogP contribution in [-0.2, 0) is 0 Å². The van der Waals surface area contributed by atoms with Gasteiger partial charge < -0.3 is 10.0 Å². The molecule has 0 aromatic carbocycles. The maximum atomic E-state index is 9.69. The highest BCUT2D eigenvalue weighted by atomic mass is 16.3. The lowest BCUT2D eigenvalue weighted by atomic mass is 9.83. The van der Waals surface area contributed by atoms with Gasteiger partial charge in [-0.2, -0.15) is 0 Å². The molecule has 90 valence electrons. The second-order valence-corrected chi connectivity index (χ2v) is 5.20. The van der Waals surface area contributed by atoms with Crippen molar-refractivity contribution in [3.8, 4) is 0 Å². The summed E-state index contributed by atoms with van der Waals surface area (Å²) in [6.07, 6.45) is 7.02. The molecule has 0 spiro atoms. The highest BCUT2D eigenvalue weighted by Crippen LogP contribution is 2.27. The van der Waals surface area contributed by atoms with Crippen molar-refractivity contribution >= 4 is 0 Å². The molecule has 0 saturated heterocycles. The summed E-state index contributed by atoms with van der Waals surface area (Å²) in [6, 6.07) is 0.602. The first-order chi connectivity index (χ1) is 7.15. The van der Waals surface area contributed by atoms with E-state index in [1.165, 1.54) is 32.2 Å². The molecule has 1 saturated carbocycles. The zero-order valence-corrected chi connectivity index (χ0v) is 10.6. The number of hydrogen-bond acceptors (Lipinski definition) is 2. The second kappa shape index (κ2) is 6.49. The van der Waals surface area contributed by atoms with E-state index in [1.807, 2.05) is 0 Å². The highest BCUT2D eigenvalue weighted by molar-refractivity contribution is 4.83. The maximum Gasteiger partial charge on any atom is 0.0555 e. The molecule has 2 heteroatoms. The Morgan fingerprint density at radius 1 is 1.27 bits per heavy atom. The third-order valence-corrected chi connectivity index (χ3v) is 3.81. The van der Waals surface area contributed by atoms with Gasteiger partial charge in [0.2, 0.25) is 0 Å². The lowest BCUT2D eigenvalue weighted by Gasteiger charge is -2.38. The van der Waals surface area contributed by atoms with Gasteiger partial charge in [-0.3, -0.25) is 0 Å². The topological polar surface area (TPSA) is 23.5 Å². The Morgan fingerprint density at radius 3 is 2.67 bits per heavy atom. The molecular weight excluding hydrogens is 186 g/mol. The van der Waals surface area contributed by atoms with Gasteiger partial charge >= 0.3 is 0 Å². The zero-order valence-electron chi connectivity index (χ0n) is 10.6. The number of unbranched alkanes of at least 4 members (excludes halogenated alkanes) is 2. The van der Waals surface area contributed by atoms with Gasteiger partial charge in [-0.1, -0.05) is 26.7 Å². The first-order valence-electron chi connectivity index (χ1n) is 6.53. The largest absolute Gasteiger partial charge is 0.393 e. The molecule has 1 N–H and O–H groups in total. The van der Waals surface area contributed by atoms with E-state index in [-0.39, 0.29) is 6.10 Å². The van der Waals surface area contributed by atoms with Crippen LogP contribution in [0.3, 0.4) is 0 Å². The Kier molecular flexibility index (Phi) is 5.62. The minimum atomic E-state index is -0.0557. The predicted octanol–water partition coefficient (Wildman–Crippen LogP) is 2.66. The third kappa shape index (κ3) is 4.12. The fraction of sp³-hybridized carbons (Fsp3) is 1.00. The Bertz CT molecular complexity index is 172. The van der Waals surface area contributed by atoms with Gasteiger partial charge in [-0.15, -0.1) is 0 Å². The van der Waals surface area contributed by atoms with Crippen molar-refractivity contribution in [2.45, 2.75) is 64.5 Å². The predicted molar refractivity (Wildman–Crippen MR) is 65.0 cm³/mol. The molecule has 1 rings (SSSR count). The summed E-state index contributed by atoms with van der Waals surface area (Å²) >= 11 is 0. The van der Waals surface area contributed by atoms with Crippen molar-refractivity contribution in [2.75, 3.05) is 13.6 Å². The average molecular weight is 213 g/mol. The van der Waals surface area contributed by atoms with Gasteiger partial charge in [0.15, 0.2) is 0 Å². The van der Waals surface area contributed by atoms with Crippen LogP contribution >= 0.6 is 0 Å². The molecule has 0 heterocycles. The molecule has 0 aromatic heterocycles. The molecule has 0 amide bonds. The minimum absolute atomic E-state index is 0.0557. The van der Waals surface area contributed by atoms with E-state index in [1.54, 1.807) is 0 Å². The molecule has 0 radical (unpaired) electrons. The maximum absolute atomic E-state index is 9.69. The van der Waals surface area contributed by atoms with Gasteiger partial charge in [0.25, 0.3) is 0 Å². The van der Waals surface area contributed by atoms with Crippen LogP contribution in [-0.4, -0.2) is 35.7 Å². The van der Waals surface area contributed by atoms with Crippen LogP contribution in [0.15, 0.2) is 0 Å². The van der Waals surface area contributed by atoms with Crippen molar-refractivity contribution in [2.24, 2.45) is 5.92 Å². The van der Waals surface area contributed by atoms with Gasteiger partial charge in [0.05, 0.1) is 6.10 Å². The lowest BCUT2D eigenvalue weighted by molar-refractivity contribution is 0.0428. The summed E-state index contributed by atoms with van der Waals surface area (Å²) < 4.78 is 0. The summed E-state index contributed by atoms with van der Waals surface area (Å²) in [5, 5.41) is 9.69. The minimum Gasteiger partial charge on any atom is -0.393 e. The number of aliphatic hydroxyl groups excluding tert-OH is 1. The Balaban J connectivity index is 2.32.